The summed E-state index contributed by atoms with van der Waals surface area (Å²) in [6.45, 7) is 5.62. The van der Waals surface area contributed by atoms with E-state index in [0.717, 1.165) is 24.9 Å². The van der Waals surface area contributed by atoms with E-state index >= 15 is 0 Å². The molecule has 1 aromatic carbocycles. The molecule has 2 aliphatic rings. The van der Waals surface area contributed by atoms with Gasteiger partial charge in [-0.1, -0.05) is 30.0 Å². The molecule has 0 unspecified atom stereocenters. The molecule has 0 aliphatic carbocycles. The van der Waals surface area contributed by atoms with Gasteiger partial charge < -0.3 is 4.90 Å². The van der Waals surface area contributed by atoms with Crippen LogP contribution in [0.3, 0.4) is 0 Å². The van der Waals surface area contributed by atoms with Gasteiger partial charge in [0.25, 0.3) is 16.0 Å². The third-order valence-corrected chi connectivity index (χ3v) is 7.02. The van der Waals surface area contributed by atoms with Gasteiger partial charge in [0.1, 0.15) is 4.32 Å². The number of aryl methyl sites for hydroxylation is 1. The first-order chi connectivity index (χ1) is 13.2. The monoisotopic (exact) mass is 440 g/mol. The molecular formula is C19H24N2O4S3. The number of carbonyl (C=O) groups is 1. The van der Waals surface area contributed by atoms with Crippen LogP contribution in [-0.2, 0) is 21.3 Å². The lowest BCUT2D eigenvalue weighted by atomic mass is 9.98. The molecule has 1 N–H and O–H groups in total. The third-order valence-electron chi connectivity index (χ3n) is 4.84. The number of anilines is 1. The molecule has 0 aromatic heterocycles. The average Bonchev–Trinajstić information content (AvgIpc) is 2.87. The molecular weight excluding hydrogens is 416 g/mol. The molecule has 152 valence electrons. The molecule has 1 saturated heterocycles. The van der Waals surface area contributed by atoms with Gasteiger partial charge in [-0.05, 0) is 62.4 Å². The molecule has 0 bridgehead atoms. The van der Waals surface area contributed by atoms with Crippen LogP contribution >= 0.6 is 24.0 Å². The summed E-state index contributed by atoms with van der Waals surface area (Å²) in [7, 11) is -4.04. The van der Waals surface area contributed by atoms with E-state index < -0.39 is 10.1 Å². The quantitative estimate of drug-likeness (QED) is 0.413. The lowest BCUT2D eigenvalue weighted by Crippen LogP contribution is -2.35. The van der Waals surface area contributed by atoms with E-state index in [1.54, 1.807) is 0 Å². The van der Waals surface area contributed by atoms with Crippen molar-refractivity contribution < 1.29 is 17.8 Å². The predicted octanol–water partition coefficient (Wildman–Crippen LogP) is 3.33. The standard InChI is InChI=1S/C19H24N2O4S3/c1-13(2)20-8-3-5-15-11-14(6-7-16(15)20)12-17-18(22)21(19(26)27-17)9-4-10-28(23,24)25/h6-7,11-13H,3-5,8-10H2,1-2H3,(H,23,24,25)/b17-12-. The van der Waals surface area contributed by atoms with Gasteiger partial charge in [-0.15, -0.1) is 0 Å². The number of carbonyl (C=O) groups excluding carboxylic acids is 1. The van der Waals surface area contributed by atoms with Crippen molar-refractivity contribution in [1.29, 1.82) is 0 Å². The molecule has 1 fully saturated rings. The van der Waals surface area contributed by atoms with Gasteiger partial charge in [0, 0.05) is 24.8 Å². The minimum atomic E-state index is -4.04. The largest absolute Gasteiger partial charge is 0.369 e. The summed E-state index contributed by atoms with van der Waals surface area (Å²) in [5.41, 5.74) is 3.51. The summed E-state index contributed by atoms with van der Waals surface area (Å²) in [6.07, 6.45) is 4.13. The van der Waals surface area contributed by atoms with Crippen molar-refractivity contribution in [2.24, 2.45) is 0 Å². The zero-order valence-electron chi connectivity index (χ0n) is 15.9. The average molecular weight is 441 g/mol. The summed E-state index contributed by atoms with van der Waals surface area (Å²) in [5, 5.41) is 0. The molecule has 2 aliphatic heterocycles. The fraction of sp³-hybridized carbons (Fsp3) is 0.474. The van der Waals surface area contributed by atoms with Crippen LogP contribution in [0.15, 0.2) is 23.1 Å². The number of hydrogen-bond donors (Lipinski definition) is 1. The predicted molar refractivity (Wildman–Crippen MR) is 118 cm³/mol. The Bertz CT molecular complexity index is 925. The van der Waals surface area contributed by atoms with Crippen LogP contribution in [0.2, 0.25) is 0 Å². The van der Waals surface area contributed by atoms with E-state index in [4.69, 9.17) is 16.8 Å². The number of rotatable bonds is 6. The van der Waals surface area contributed by atoms with Gasteiger partial charge >= 0.3 is 0 Å². The van der Waals surface area contributed by atoms with E-state index in [0.29, 0.717) is 15.3 Å². The molecule has 1 aromatic rings. The summed E-state index contributed by atoms with van der Waals surface area (Å²) in [4.78, 5) is 17.0. The van der Waals surface area contributed by atoms with Crippen molar-refractivity contribution in [3.8, 4) is 0 Å². The van der Waals surface area contributed by atoms with E-state index in [1.807, 2.05) is 12.1 Å². The Morgan fingerprint density at radius 2 is 2.11 bits per heavy atom. The van der Waals surface area contributed by atoms with Crippen LogP contribution in [-0.4, -0.2) is 53.0 Å². The molecule has 0 atom stereocenters. The first kappa shape index (κ1) is 21.3. The van der Waals surface area contributed by atoms with E-state index in [2.05, 4.69) is 30.9 Å². The maximum atomic E-state index is 12.6. The van der Waals surface area contributed by atoms with Crippen LogP contribution < -0.4 is 4.90 Å². The van der Waals surface area contributed by atoms with E-state index in [9.17, 15) is 13.2 Å². The maximum absolute atomic E-state index is 12.6. The van der Waals surface area contributed by atoms with Crippen LogP contribution in [0.4, 0.5) is 5.69 Å². The second-order valence-corrected chi connectivity index (χ2v) is 10.5. The zero-order chi connectivity index (χ0) is 20.5. The smallest absolute Gasteiger partial charge is 0.266 e. The van der Waals surface area contributed by atoms with Gasteiger partial charge in [-0.3, -0.25) is 14.2 Å². The molecule has 28 heavy (non-hydrogen) atoms. The first-order valence-corrected chi connectivity index (χ1v) is 12.1. The molecule has 2 heterocycles. The Morgan fingerprint density at radius 3 is 2.79 bits per heavy atom. The topological polar surface area (TPSA) is 77.9 Å². The third kappa shape index (κ3) is 4.94. The number of thioether (sulfide) groups is 1. The van der Waals surface area contributed by atoms with Crippen molar-refractivity contribution in [2.75, 3.05) is 23.7 Å². The van der Waals surface area contributed by atoms with Gasteiger partial charge in [-0.25, -0.2) is 0 Å². The Kier molecular flexibility index (Phi) is 6.48. The van der Waals surface area contributed by atoms with Crippen molar-refractivity contribution in [2.45, 2.75) is 39.2 Å². The lowest BCUT2D eigenvalue weighted by Gasteiger charge is -2.34. The van der Waals surface area contributed by atoms with Crippen molar-refractivity contribution in [3.05, 3.63) is 34.2 Å². The van der Waals surface area contributed by atoms with Gasteiger partial charge in [-0.2, -0.15) is 8.42 Å². The van der Waals surface area contributed by atoms with Crippen molar-refractivity contribution >= 4 is 56.1 Å². The summed E-state index contributed by atoms with van der Waals surface area (Å²) < 4.78 is 31.0. The molecule has 0 radical (unpaired) electrons. The van der Waals surface area contributed by atoms with E-state index in [-0.39, 0.29) is 24.6 Å². The number of amides is 1. The Labute approximate surface area is 175 Å². The van der Waals surface area contributed by atoms with Crippen molar-refractivity contribution in [3.63, 3.8) is 0 Å². The molecule has 1 amide bonds. The fourth-order valence-corrected chi connectivity index (χ4v) is 5.32. The number of fused-ring (bicyclic) bond motifs is 1. The van der Waals surface area contributed by atoms with Gasteiger partial charge in [0.05, 0.1) is 10.7 Å². The normalized spacial score (nSPS) is 19.1. The highest BCUT2D eigenvalue weighted by atomic mass is 32.2. The molecule has 6 nitrogen and oxygen atoms in total. The molecule has 9 heteroatoms. The Morgan fingerprint density at radius 1 is 1.36 bits per heavy atom. The molecule has 0 saturated carbocycles. The SMILES string of the molecule is CC(C)N1CCCc2cc(/C=C3\SC(=S)N(CCCS(=O)(=O)O)C3=O)ccc21. The summed E-state index contributed by atoms with van der Waals surface area (Å²) in [6, 6.07) is 6.72. The minimum Gasteiger partial charge on any atom is -0.369 e. The van der Waals surface area contributed by atoms with Crippen molar-refractivity contribution in [1.82, 2.24) is 4.90 Å². The van der Waals surface area contributed by atoms with Gasteiger partial charge in [0.15, 0.2) is 0 Å². The molecule has 3 rings (SSSR count). The maximum Gasteiger partial charge on any atom is 0.266 e. The summed E-state index contributed by atoms with van der Waals surface area (Å²) >= 11 is 6.49. The Hall–Kier alpha value is -1.42. The summed E-state index contributed by atoms with van der Waals surface area (Å²) in [5.74, 6) is -0.604. The fourth-order valence-electron chi connectivity index (χ4n) is 3.52. The Balaban J connectivity index is 1.75. The number of thiocarbonyl (C=S) groups is 1. The van der Waals surface area contributed by atoms with E-state index in [1.165, 1.54) is 27.9 Å². The highest BCUT2D eigenvalue weighted by molar-refractivity contribution is 8.26. The second-order valence-electron chi connectivity index (χ2n) is 7.25. The highest BCUT2D eigenvalue weighted by Crippen LogP contribution is 2.34. The second kappa shape index (κ2) is 8.52. The van der Waals surface area contributed by atoms with Crippen LogP contribution in [0.1, 0.15) is 37.8 Å². The van der Waals surface area contributed by atoms with Crippen LogP contribution in [0, 0.1) is 0 Å². The number of benzene rings is 1. The number of nitrogens with zero attached hydrogens (tertiary/aromatic N) is 2. The first-order valence-electron chi connectivity index (χ1n) is 9.26. The minimum absolute atomic E-state index is 0.141. The van der Waals surface area contributed by atoms with Crippen LogP contribution in [0.5, 0.6) is 0 Å². The highest BCUT2D eigenvalue weighted by Gasteiger charge is 2.32. The van der Waals surface area contributed by atoms with Gasteiger partial charge in [0.2, 0.25) is 0 Å². The van der Waals surface area contributed by atoms with Crippen LogP contribution in [0.25, 0.3) is 6.08 Å². The molecule has 0 spiro atoms. The number of hydrogen-bond acceptors (Lipinski definition) is 6. The zero-order valence-corrected chi connectivity index (χ0v) is 18.4. The lowest BCUT2D eigenvalue weighted by molar-refractivity contribution is -0.122.